The zero-order valence-electron chi connectivity index (χ0n) is 13.0. The molecule has 0 amide bonds. The van der Waals surface area contributed by atoms with Gasteiger partial charge in [-0.3, -0.25) is 4.79 Å². The lowest BCUT2D eigenvalue weighted by molar-refractivity contribution is 0.391. The Labute approximate surface area is 141 Å². The van der Waals surface area contributed by atoms with Crippen LogP contribution in [0.1, 0.15) is 24.9 Å². The first-order valence-corrected chi connectivity index (χ1v) is 8.45. The molecule has 0 saturated carbocycles. The molecule has 0 radical (unpaired) electrons. The fourth-order valence-electron chi connectivity index (χ4n) is 2.13. The van der Waals surface area contributed by atoms with Gasteiger partial charge in [-0.25, -0.2) is 9.37 Å². The number of rotatable bonds is 6. The smallest absolute Gasteiger partial charge is 0.251 e. The number of aryl methyl sites for hydroxylation is 1. The van der Waals surface area contributed by atoms with Gasteiger partial charge in [0.15, 0.2) is 5.16 Å². The predicted octanol–water partition coefficient (Wildman–Crippen LogP) is 3.20. The molecule has 0 unspecified atom stereocenters. The molecule has 0 saturated heterocycles. The molecule has 8 heteroatoms. The van der Waals surface area contributed by atoms with Crippen molar-refractivity contribution < 1.29 is 8.91 Å². The molecule has 0 aliphatic carbocycles. The van der Waals surface area contributed by atoms with Gasteiger partial charge >= 0.3 is 0 Å². The molecular formula is C16H15FN4O2S. The monoisotopic (exact) mass is 346 g/mol. The van der Waals surface area contributed by atoms with Gasteiger partial charge in [-0.1, -0.05) is 42.4 Å². The van der Waals surface area contributed by atoms with Crippen LogP contribution < -0.4 is 5.56 Å². The lowest BCUT2D eigenvalue weighted by atomic mass is 10.2. The van der Waals surface area contributed by atoms with Crippen LogP contribution in [0.15, 0.2) is 44.8 Å². The number of nitrogens with zero attached hydrogens (tertiary/aromatic N) is 3. The third-order valence-electron chi connectivity index (χ3n) is 3.19. The molecule has 0 aliphatic rings. The van der Waals surface area contributed by atoms with Crippen molar-refractivity contribution in [1.82, 2.24) is 20.1 Å². The molecular weight excluding hydrogens is 331 g/mol. The number of benzene rings is 1. The maximum atomic E-state index is 13.7. The predicted molar refractivity (Wildman–Crippen MR) is 88.1 cm³/mol. The van der Waals surface area contributed by atoms with Crippen LogP contribution in [0.25, 0.3) is 11.4 Å². The van der Waals surface area contributed by atoms with Gasteiger partial charge in [0.2, 0.25) is 11.7 Å². The maximum absolute atomic E-state index is 13.7. The summed E-state index contributed by atoms with van der Waals surface area (Å²) in [5, 5.41) is 4.29. The van der Waals surface area contributed by atoms with E-state index in [2.05, 4.69) is 20.1 Å². The zero-order valence-corrected chi connectivity index (χ0v) is 13.8. The van der Waals surface area contributed by atoms with Gasteiger partial charge in [0.1, 0.15) is 5.82 Å². The van der Waals surface area contributed by atoms with E-state index in [1.54, 1.807) is 18.2 Å². The minimum absolute atomic E-state index is 0.187. The van der Waals surface area contributed by atoms with Gasteiger partial charge in [0.05, 0.1) is 11.3 Å². The van der Waals surface area contributed by atoms with E-state index in [1.165, 1.54) is 23.9 Å². The Morgan fingerprint density at radius 1 is 1.29 bits per heavy atom. The topological polar surface area (TPSA) is 84.7 Å². The van der Waals surface area contributed by atoms with E-state index in [1.807, 2.05) is 6.92 Å². The van der Waals surface area contributed by atoms with Crippen LogP contribution in [0.2, 0.25) is 0 Å². The first-order chi connectivity index (χ1) is 11.7. The molecule has 2 aromatic heterocycles. The molecule has 1 aromatic carbocycles. The summed E-state index contributed by atoms with van der Waals surface area (Å²) in [6.07, 6.45) is 1.66. The summed E-state index contributed by atoms with van der Waals surface area (Å²) in [5.74, 6) is 0.461. The summed E-state index contributed by atoms with van der Waals surface area (Å²) in [6.45, 7) is 2.03. The molecule has 124 valence electrons. The summed E-state index contributed by atoms with van der Waals surface area (Å²) < 4.78 is 18.9. The van der Waals surface area contributed by atoms with Crippen LogP contribution in [0.4, 0.5) is 4.39 Å². The number of H-pyrrole nitrogens is 1. The summed E-state index contributed by atoms with van der Waals surface area (Å²) in [7, 11) is 0. The van der Waals surface area contributed by atoms with Crippen molar-refractivity contribution in [3.05, 3.63) is 58.1 Å². The second kappa shape index (κ2) is 7.39. The van der Waals surface area contributed by atoms with Crippen molar-refractivity contribution in [3.8, 4) is 11.4 Å². The summed E-state index contributed by atoms with van der Waals surface area (Å²) in [4.78, 5) is 22.8. The normalized spacial score (nSPS) is 10.9. The lowest BCUT2D eigenvalue weighted by Gasteiger charge is -2.01. The van der Waals surface area contributed by atoms with Gasteiger partial charge in [0, 0.05) is 11.8 Å². The lowest BCUT2D eigenvalue weighted by Crippen LogP contribution is -2.09. The Bertz CT molecular complexity index is 894. The van der Waals surface area contributed by atoms with Crippen LogP contribution in [-0.2, 0) is 12.2 Å². The summed E-state index contributed by atoms with van der Waals surface area (Å²) in [5.41, 5.74) is 0.851. The van der Waals surface area contributed by atoms with E-state index in [4.69, 9.17) is 4.52 Å². The molecule has 6 nitrogen and oxygen atoms in total. The molecule has 24 heavy (non-hydrogen) atoms. The third-order valence-corrected chi connectivity index (χ3v) is 4.05. The Balaban J connectivity index is 1.72. The van der Waals surface area contributed by atoms with E-state index in [0.29, 0.717) is 16.8 Å². The van der Waals surface area contributed by atoms with Crippen LogP contribution in [0.3, 0.4) is 0 Å². The second-order valence-electron chi connectivity index (χ2n) is 5.07. The second-order valence-corrected chi connectivity index (χ2v) is 6.04. The molecule has 0 atom stereocenters. The Morgan fingerprint density at radius 3 is 2.92 bits per heavy atom. The van der Waals surface area contributed by atoms with Crippen molar-refractivity contribution in [3.63, 3.8) is 0 Å². The van der Waals surface area contributed by atoms with E-state index in [0.717, 1.165) is 18.5 Å². The molecule has 3 rings (SSSR count). The van der Waals surface area contributed by atoms with Gasteiger partial charge < -0.3 is 9.51 Å². The van der Waals surface area contributed by atoms with E-state index < -0.39 is 5.82 Å². The molecule has 0 fully saturated rings. The van der Waals surface area contributed by atoms with Crippen LogP contribution in [-0.4, -0.2) is 20.1 Å². The number of thioether (sulfide) groups is 1. The molecule has 0 spiro atoms. The van der Waals surface area contributed by atoms with Crippen LogP contribution >= 0.6 is 11.8 Å². The Kier molecular flexibility index (Phi) is 5.05. The molecule has 1 N–H and O–H groups in total. The SMILES string of the molecule is CCCc1cc(=O)[nH]c(SCc2nc(-c3ccccc3F)no2)n1. The Hall–Kier alpha value is -2.48. The summed E-state index contributed by atoms with van der Waals surface area (Å²) in [6, 6.07) is 7.73. The average molecular weight is 346 g/mol. The molecule has 3 aromatic rings. The van der Waals surface area contributed by atoms with Gasteiger partial charge in [-0.15, -0.1) is 0 Å². The van der Waals surface area contributed by atoms with Gasteiger partial charge in [0.25, 0.3) is 5.56 Å². The highest BCUT2D eigenvalue weighted by Crippen LogP contribution is 2.22. The number of hydrogen-bond donors (Lipinski definition) is 1. The van der Waals surface area contributed by atoms with Crippen molar-refractivity contribution in [1.29, 1.82) is 0 Å². The van der Waals surface area contributed by atoms with Crippen LogP contribution in [0, 0.1) is 5.82 Å². The van der Waals surface area contributed by atoms with Gasteiger partial charge in [-0.2, -0.15) is 4.98 Å². The number of aromatic amines is 1. The van der Waals surface area contributed by atoms with Crippen molar-refractivity contribution in [2.45, 2.75) is 30.7 Å². The average Bonchev–Trinajstić information content (AvgIpc) is 3.02. The highest BCUT2D eigenvalue weighted by Gasteiger charge is 2.13. The highest BCUT2D eigenvalue weighted by molar-refractivity contribution is 7.98. The number of hydrogen-bond acceptors (Lipinski definition) is 6. The van der Waals surface area contributed by atoms with Crippen molar-refractivity contribution in [2.24, 2.45) is 0 Å². The van der Waals surface area contributed by atoms with E-state index >= 15 is 0 Å². The molecule has 0 aliphatic heterocycles. The quantitative estimate of drug-likeness (QED) is 0.545. The Morgan fingerprint density at radius 2 is 2.12 bits per heavy atom. The highest BCUT2D eigenvalue weighted by atomic mass is 32.2. The largest absolute Gasteiger partial charge is 0.338 e. The first kappa shape index (κ1) is 16.4. The standard InChI is InChI=1S/C16H15FN4O2S/c1-2-5-10-8-13(22)19-16(18-10)24-9-14-20-15(21-23-14)11-6-3-4-7-12(11)17/h3-4,6-8H,2,5,9H2,1H3,(H,18,19,22). The molecule has 2 heterocycles. The third kappa shape index (κ3) is 3.88. The summed E-state index contributed by atoms with van der Waals surface area (Å²) >= 11 is 1.28. The number of halogens is 1. The van der Waals surface area contributed by atoms with Crippen molar-refractivity contribution >= 4 is 11.8 Å². The first-order valence-electron chi connectivity index (χ1n) is 7.46. The maximum Gasteiger partial charge on any atom is 0.251 e. The number of aromatic nitrogens is 4. The van der Waals surface area contributed by atoms with Crippen LogP contribution in [0.5, 0.6) is 0 Å². The van der Waals surface area contributed by atoms with Crippen molar-refractivity contribution in [2.75, 3.05) is 0 Å². The van der Waals surface area contributed by atoms with E-state index in [9.17, 15) is 9.18 Å². The number of nitrogens with one attached hydrogen (secondary N) is 1. The minimum Gasteiger partial charge on any atom is -0.338 e. The van der Waals surface area contributed by atoms with E-state index in [-0.39, 0.29) is 16.9 Å². The minimum atomic E-state index is -0.407. The van der Waals surface area contributed by atoms with Gasteiger partial charge in [-0.05, 0) is 18.6 Å². The fraction of sp³-hybridized carbons (Fsp3) is 0.250. The zero-order chi connectivity index (χ0) is 16.9. The molecule has 0 bridgehead atoms. The fourth-order valence-corrected chi connectivity index (χ4v) is 2.86.